The lowest BCUT2D eigenvalue weighted by atomic mass is 10.2. The molecule has 0 bridgehead atoms. The highest BCUT2D eigenvalue weighted by Crippen LogP contribution is 2.25. The largest absolute Gasteiger partial charge is 0.511 e. The van der Waals surface area contributed by atoms with Gasteiger partial charge in [0.2, 0.25) is 0 Å². The van der Waals surface area contributed by atoms with Crippen molar-refractivity contribution in [2.24, 2.45) is 4.99 Å². The van der Waals surface area contributed by atoms with E-state index >= 15 is 0 Å². The number of benzene rings is 1. The van der Waals surface area contributed by atoms with E-state index in [1.165, 1.54) is 19.5 Å². The molecule has 1 aromatic carbocycles. The average molecular weight is 206 g/mol. The van der Waals surface area contributed by atoms with Gasteiger partial charge in [0.15, 0.2) is 0 Å². The van der Waals surface area contributed by atoms with Crippen LogP contribution in [0.4, 0.5) is 5.69 Å². The number of aliphatic imine (C=N–C) groups is 1. The fourth-order valence-electron chi connectivity index (χ4n) is 1.09. The molecule has 3 N–H and O–H groups in total. The molecule has 0 spiro atoms. The smallest absolute Gasteiger partial charge is 0.139 e. The van der Waals surface area contributed by atoms with E-state index in [1.807, 2.05) is 13.0 Å². The average Bonchev–Trinajstić information content (AvgIpc) is 2.15. The van der Waals surface area contributed by atoms with E-state index in [2.05, 4.69) is 10.3 Å². The van der Waals surface area contributed by atoms with Crippen LogP contribution in [-0.2, 0) is 0 Å². The number of hydrogen-bond donors (Lipinski definition) is 3. The van der Waals surface area contributed by atoms with E-state index in [0.29, 0.717) is 5.69 Å². The number of rotatable bonds is 3. The van der Waals surface area contributed by atoms with Crippen molar-refractivity contribution in [1.82, 2.24) is 0 Å². The molecule has 0 saturated heterocycles. The first-order chi connectivity index (χ1) is 7.11. The Labute approximate surface area is 88.6 Å². The quantitative estimate of drug-likeness (QED) is 0.308. The number of aromatic hydroxyl groups is 1. The summed E-state index contributed by atoms with van der Waals surface area (Å²) < 4.78 is 0. The van der Waals surface area contributed by atoms with E-state index in [0.717, 1.165) is 5.56 Å². The zero-order chi connectivity index (χ0) is 11.3. The first kappa shape index (κ1) is 11.1. The Morgan fingerprint density at radius 2 is 2.20 bits per heavy atom. The summed E-state index contributed by atoms with van der Waals surface area (Å²) in [6.45, 7) is 3.41. The number of phenols is 1. The number of aryl methyl sites for hydroxylation is 1. The maximum absolute atomic E-state index is 9.51. The summed E-state index contributed by atoms with van der Waals surface area (Å²) in [5.41, 5.74) is 1.54. The van der Waals surface area contributed by atoms with Crippen LogP contribution in [-0.4, -0.2) is 16.6 Å². The minimum absolute atomic E-state index is 0.127. The summed E-state index contributed by atoms with van der Waals surface area (Å²) >= 11 is 0. The number of aliphatic hydroxyl groups is 1. The maximum atomic E-state index is 9.51. The van der Waals surface area contributed by atoms with Crippen LogP contribution in [0.15, 0.2) is 35.2 Å². The second kappa shape index (κ2) is 5.05. The molecule has 0 radical (unpaired) electrons. The first-order valence-corrected chi connectivity index (χ1v) is 4.53. The molecular weight excluding hydrogens is 192 g/mol. The third-order valence-corrected chi connectivity index (χ3v) is 1.80. The Kier molecular flexibility index (Phi) is 3.74. The van der Waals surface area contributed by atoms with Crippen LogP contribution in [0.3, 0.4) is 0 Å². The lowest BCUT2D eigenvalue weighted by Crippen LogP contribution is -1.96. The van der Waals surface area contributed by atoms with E-state index in [1.54, 1.807) is 12.1 Å². The van der Waals surface area contributed by atoms with Crippen molar-refractivity contribution in [3.8, 4) is 5.75 Å². The molecule has 0 fully saturated rings. The standard InChI is InChI=1S/C11H14N2O2/c1-8-4-3-5-10(15)11(8)13-7-12-6-9(2)14/h3-7,14-15H,1-2H3,(H,12,13)/b9-6+. The van der Waals surface area contributed by atoms with Gasteiger partial charge >= 0.3 is 0 Å². The summed E-state index contributed by atoms with van der Waals surface area (Å²) in [5, 5.41) is 21.2. The van der Waals surface area contributed by atoms with Gasteiger partial charge in [0.05, 0.1) is 18.2 Å². The SMILES string of the molecule is C/C(O)=C\N=CNc1c(C)cccc1O. The third-order valence-electron chi connectivity index (χ3n) is 1.80. The highest BCUT2D eigenvalue weighted by molar-refractivity contribution is 5.80. The lowest BCUT2D eigenvalue weighted by molar-refractivity contribution is 0.412. The zero-order valence-corrected chi connectivity index (χ0v) is 8.73. The van der Waals surface area contributed by atoms with Gasteiger partial charge in [0.25, 0.3) is 0 Å². The number of nitrogens with one attached hydrogen (secondary N) is 1. The fraction of sp³-hybridized carbons (Fsp3) is 0.182. The normalized spacial score (nSPS) is 12.0. The number of para-hydroxylation sites is 1. The Morgan fingerprint density at radius 1 is 1.47 bits per heavy atom. The Morgan fingerprint density at radius 3 is 2.80 bits per heavy atom. The molecule has 0 aliphatic rings. The second-order valence-electron chi connectivity index (χ2n) is 3.16. The molecule has 15 heavy (non-hydrogen) atoms. The highest BCUT2D eigenvalue weighted by atomic mass is 16.3. The van der Waals surface area contributed by atoms with Gasteiger partial charge in [-0.25, -0.2) is 4.99 Å². The zero-order valence-electron chi connectivity index (χ0n) is 8.73. The van der Waals surface area contributed by atoms with Crippen LogP contribution in [0.5, 0.6) is 5.75 Å². The van der Waals surface area contributed by atoms with Crippen LogP contribution in [0.2, 0.25) is 0 Å². The van der Waals surface area contributed by atoms with Gasteiger partial charge in [-0.2, -0.15) is 0 Å². The molecule has 0 aliphatic carbocycles. The summed E-state index contributed by atoms with van der Waals surface area (Å²) in [4.78, 5) is 3.79. The summed E-state index contributed by atoms with van der Waals surface area (Å²) in [6.07, 6.45) is 2.71. The van der Waals surface area contributed by atoms with Gasteiger partial charge in [-0.15, -0.1) is 0 Å². The van der Waals surface area contributed by atoms with Gasteiger partial charge < -0.3 is 15.5 Å². The van der Waals surface area contributed by atoms with Crippen molar-refractivity contribution < 1.29 is 10.2 Å². The van der Waals surface area contributed by atoms with E-state index in [4.69, 9.17) is 5.11 Å². The number of anilines is 1. The molecule has 0 heterocycles. The summed E-state index contributed by atoms with van der Waals surface area (Å²) in [5.74, 6) is 0.299. The number of nitrogens with zero attached hydrogens (tertiary/aromatic N) is 1. The summed E-state index contributed by atoms with van der Waals surface area (Å²) in [6, 6.07) is 5.24. The Hall–Kier alpha value is -1.97. The minimum Gasteiger partial charge on any atom is -0.511 e. The topological polar surface area (TPSA) is 64.9 Å². The molecule has 0 amide bonds. The van der Waals surface area contributed by atoms with Crippen LogP contribution in [0, 0.1) is 6.92 Å². The summed E-state index contributed by atoms with van der Waals surface area (Å²) in [7, 11) is 0. The minimum atomic E-state index is 0.127. The molecule has 4 nitrogen and oxygen atoms in total. The number of allylic oxidation sites excluding steroid dienone is 1. The van der Waals surface area contributed by atoms with E-state index < -0.39 is 0 Å². The molecular formula is C11H14N2O2. The van der Waals surface area contributed by atoms with Crippen molar-refractivity contribution in [3.63, 3.8) is 0 Å². The molecule has 1 rings (SSSR count). The second-order valence-corrected chi connectivity index (χ2v) is 3.16. The molecule has 4 heteroatoms. The number of hydrogen-bond acceptors (Lipinski definition) is 3. The van der Waals surface area contributed by atoms with Gasteiger partial charge in [-0.1, -0.05) is 12.1 Å². The Balaban J connectivity index is 2.73. The molecule has 0 saturated carbocycles. The molecule has 80 valence electrons. The van der Waals surface area contributed by atoms with Gasteiger partial charge in [-0.05, 0) is 25.5 Å². The third kappa shape index (κ3) is 3.34. The maximum Gasteiger partial charge on any atom is 0.139 e. The number of phenolic OH excluding ortho intramolecular Hbond substituents is 1. The monoisotopic (exact) mass is 206 g/mol. The van der Waals surface area contributed by atoms with Crippen molar-refractivity contribution in [3.05, 3.63) is 35.7 Å². The van der Waals surface area contributed by atoms with Crippen molar-refractivity contribution in [2.75, 3.05) is 5.32 Å². The van der Waals surface area contributed by atoms with Crippen LogP contribution in [0.25, 0.3) is 0 Å². The molecule has 0 aromatic heterocycles. The molecule has 0 unspecified atom stereocenters. The van der Waals surface area contributed by atoms with Crippen molar-refractivity contribution >= 4 is 12.0 Å². The van der Waals surface area contributed by atoms with Crippen LogP contribution >= 0.6 is 0 Å². The van der Waals surface area contributed by atoms with Crippen molar-refractivity contribution in [1.29, 1.82) is 0 Å². The molecule has 0 aliphatic heterocycles. The van der Waals surface area contributed by atoms with Crippen LogP contribution < -0.4 is 5.32 Å². The first-order valence-electron chi connectivity index (χ1n) is 4.53. The van der Waals surface area contributed by atoms with Crippen molar-refractivity contribution in [2.45, 2.75) is 13.8 Å². The predicted molar refractivity (Wildman–Crippen MR) is 61.3 cm³/mol. The molecule has 0 atom stereocenters. The predicted octanol–water partition coefficient (Wildman–Crippen LogP) is 2.56. The van der Waals surface area contributed by atoms with Gasteiger partial charge in [0.1, 0.15) is 11.5 Å². The Bertz CT molecular complexity index is 373. The highest BCUT2D eigenvalue weighted by Gasteiger charge is 2.00. The van der Waals surface area contributed by atoms with E-state index in [-0.39, 0.29) is 11.5 Å². The van der Waals surface area contributed by atoms with Crippen LogP contribution in [0.1, 0.15) is 12.5 Å². The van der Waals surface area contributed by atoms with Gasteiger partial charge in [-0.3, -0.25) is 0 Å². The fourth-order valence-corrected chi connectivity index (χ4v) is 1.09. The van der Waals surface area contributed by atoms with E-state index in [9.17, 15) is 5.11 Å². The molecule has 1 aromatic rings. The van der Waals surface area contributed by atoms with Gasteiger partial charge in [0, 0.05) is 0 Å². The lowest BCUT2D eigenvalue weighted by Gasteiger charge is -2.06. The number of aliphatic hydroxyl groups excluding tert-OH is 1.